The van der Waals surface area contributed by atoms with Crippen LogP contribution in [-0.2, 0) is 6.54 Å². The minimum Gasteiger partial charge on any atom is -0.486 e. The van der Waals surface area contributed by atoms with E-state index >= 15 is 0 Å². The lowest BCUT2D eigenvalue weighted by molar-refractivity contribution is 0.101. The maximum atomic E-state index is 12.7. The highest BCUT2D eigenvalue weighted by atomic mass is 16.6. The molecule has 9 heteroatoms. The fourth-order valence-corrected chi connectivity index (χ4v) is 3.01. The summed E-state index contributed by atoms with van der Waals surface area (Å²) in [6, 6.07) is 10.3. The number of anilines is 1. The van der Waals surface area contributed by atoms with Gasteiger partial charge in [-0.3, -0.25) is 9.59 Å². The van der Waals surface area contributed by atoms with Crippen molar-refractivity contribution in [3.63, 3.8) is 0 Å². The van der Waals surface area contributed by atoms with Gasteiger partial charge in [0.25, 0.3) is 5.91 Å². The van der Waals surface area contributed by atoms with Crippen LogP contribution in [0.4, 0.5) is 5.69 Å². The molecule has 0 atom stereocenters. The number of nitrogens with one attached hydrogen (secondary N) is 1. The zero-order chi connectivity index (χ0) is 20.4. The molecule has 1 aromatic heterocycles. The molecule has 148 valence electrons. The number of ketones is 1. The van der Waals surface area contributed by atoms with Gasteiger partial charge >= 0.3 is 0 Å². The van der Waals surface area contributed by atoms with Crippen molar-refractivity contribution in [3.05, 3.63) is 58.9 Å². The number of amides is 1. The predicted molar refractivity (Wildman–Crippen MR) is 103 cm³/mol. The third-order valence-electron chi connectivity index (χ3n) is 4.57. The number of hydrogen-bond acceptors (Lipinski definition) is 7. The molecular formula is C20H19N5O4. The Bertz CT molecular complexity index is 1070. The number of nitrogens with zero attached hydrogens (tertiary/aromatic N) is 4. The molecule has 0 saturated heterocycles. The lowest BCUT2D eigenvalue weighted by Crippen LogP contribution is -2.18. The zero-order valence-electron chi connectivity index (χ0n) is 16.0. The number of carbonyl (C=O) groups excluding carboxylic acids is 2. The van der Waals surface area contributed by atoms with Crippen LogP contribution < -0.4 is 14.8 Å². The van der Waals surface area contributed by atoms with Gasteiger partial charge < -0.3 is 14.8 Å². The lowest BCUT2D eigenvalue weighted by atomic mass is 10.1. The van der Waals surface area contributed by atoms with Crippen molar-refractivity contribution in [1.29, 1.82) is 0 Å². The number of rotatable bonds is 5. The number of fused-ring (bicyclic) bond motifs is 1. The molecule has 29 heavy (non-hydrogen) atoms. The minimum atomic E-state index is -0.325. The van der Waals surface area contributed by atoms with E-state index in [1.807, 2.05) is 19.1 Å². The summed E-state index contributed by atoms with van der Waals surface area (Å²) >= 11 is 0. The molecule has 4 rings (SSSR count). The summed E-state index contributed by atoms with van der Waals surface area (Å²) in [4.78, 5) is 24.7. The standard InChI is InChI=1S/C20H19N5O4/c1-12(26)16-9-18-19(29-8-7-28-18)10-17(16)21-20(27)15-5-3-14(4-6-15)11-25-13(2)22-23-24-25/h3-6,9-10H,7-8,11H2,1-2H3,(H,21,27). The number of Topliss-reactive ketones (excluding diaryl/α,β-unsaturated/α-hetero) is 1. The Balaban J connectivity index is 1.53. The van der Waals surface area contributed by atoms with Crippen LogP contribution in [0.5, 0.6) is 11.5 Å². The molecule has 0 aliphatic carbocycles. The molecule has 0 radical (unpaired) electrons. The van der Waals surface area contributed by atoms with E-state index < -0.39 is 0 Å². The Morgan fingerprint density at radius 2 is 1.79 bits per heavy atom. The van der Waals surface area contributed by atoms with Crippen molar-refractivity contribution in [1.82, 2.24) is 20.2 Å². The smallest absolute Gasteiger partial charge is 0.255 e. The lowest BCUT2D eigenvalue weighted by Gasteiger charge is -2.20. The molecule has 2 aromatic carbocycles. The first kappa shape index (κ1) is 18.6. The molecule has 0 saturated carbocycles. The Hall–Kier alpha value is -3.75. The molecule has 0 bridgehead atoms. The summed E-state index contributed by atoms with van der Waals surface area (Å²) < 4.78 is 12.7. The molecule has 0 spiro atoms. The number of carbonyl (C=O) groups is 2. The van der Waals surface area contributed by atoms with Gasteiger partial charge in [-0.25, -0.2) is 4.68 Å². The van der Waals surface area contributed by atoms with Crippen LogP contribution in [0, 0.1) is 6.92 Å². The van der Waals surface area contributed by atoms with Crippen LogP contribution in [-0.4, -0.2) is 45.1 Å². The summed E-state index contributed by atoms with van der Waals surface area (Å²) in [7, 11) is 0. The SMILES string of the molecule is CC(=O)c1cc2c(cc1NC(=O)c1ccc(Cn3nnnc3C)cc1)OCCO2. The van der Waals surface area contributed by atoms with E-state index in [-0.39, 0.29) is 11.7 Å². The van der Waals surface area contributed by atoms with E-state index in [1.165, 1.54) is 6.92 Å². The highest BCUT2D eigenvalue weighted by Crippen LogP contribution is 2.36. The topological polar surface area (TPSA) is 108 Å². The molecule has 9 nitrogen and oxygen atoms in total. The third-order valence-corrected chi connectivity index (χ3v) is 4.57. The summed E-state index contributed by atoms with van der Waals surface area (Å²) in [6.07, 6.45) is 0. The van der Waals surface area contributed by atoms with Crippen LogP contribution in [0.25, 0.3) is 0 Å². The van der Waals surface area contributed by atoms with Crippen LogP contribution in [0.3, 0.4) is 0 Å². The average molecular weight is 393 g/mol. The molecular weight excluding hydrogens is 374 g/mol. The predicted octanol–water partition coefficient (Wildman–Crippen LogP) is 2.26. The first-order chi connectivity index (χ1) is 14.0. The van der Waals surface area contributed by atoms with Gasteiger partial charge in [0.2, 0.25) is 0 Å². The molecule has 2 heterocycles. The van der Waals surface area contributed by atoms with Gasteiger partial charge in [-0.2, -0.15) is 0 Å². The Morgan fingerprint density at radius 1 is 1.10 bits per heavy atom. The van der Waals surface area contributed by atoms with Crippen molar-refractivity contribution < 1.29 is 19.1 Å². The maximum Gasteiger partial charge on any atom is 0.255 e. The van der Waals surface area contributed by atoms with Crippen LogP contribution >= 0.6 is 0 Å². The van der Waals surface area contributed by atoms with Crippen LogP contribution in [0.2, 0.25) is 0 Å². The van der Waals surface area contributed by atoms with Crippen LogP contribution in [0.1, 0.15) is 39.0 Å². The van der Waals surface area contributed by atoms with Gasteiger partial charge in [0, 0.05) is 17.2 Å². The van der Waals surface area contributed by atoms with E-state index in [0.717, 1.165) is 5.56 Å². The summed E-state index contributed by atoms with van der Waals surface area (Å²) in [5.41, 5.74) is 2.18. The number of ether oxygens (including phenoxy) is 2. The normalized spacial score (nSPS) is 12.5. The van der Waals surface area contributed by atoms with Crippen molar-refractivity contribution >= 4 is 17.4 Å². The third kappa shape index (κ3) is 3.93. The van der Waals surface area contributed by atoms with Crippen molar-refractivity contribution in [2.45, 2.75) is 20.4 Å². The largest absolute Gasteiger partial charge is 0.486 e. The number of tetrazole rings is 1. The number of aromatic nitrogens is 4. The highest BCUT2D eigenvalue weighted by molar-refractivity contribution is 6.09. The van der Waals surface area contributed by atoms with Crippen molar-refractivity contribution in [2.24, 2.45) is 0 Å². The van der Waals surface area contributed by atoms with E-state index in [2.05, 4.69) is 20.8 Å². The molecule has 1 amide bonds. The Morgan fingerprint density at radius 3 is 2.41 bits per heavy atom. The second kappa shape index (κ2) is 7.70. The van der Waals surface area contributed by atoms with Gasteiger partial charge in [0.15, 0.2) is 17.3 Å². The molecule has 0 fully saturated rings. The van der Waals surface area contributed by atoms with Crippen LogP contribution in [0.15, 0.2) is 36.4 Å². The molecule has 3 aromatic rings. The van der Waals surface area contributed by atoms with Crippen molar-refractivity contribution in [3.8, 4) is 11.5 Å². The van der Waals surface area contributed by atoms with E-state index in [9.17, 15) is 9.59 Å². The fourth-order valence-electron chi connectivity index (χ4n) is 3.01. The first-order valence-electron chi connectivity index (χ1n) is 9.09. The fraction of sp³-hybridized carbons (Fsp3) is 0.250. The van der Waals surface area contributed by atoms with E-state index in [0.29, 0.717) is 53.9 Å². The Labute approximate surface area is 166 Å². The average Bonchev–Trinajstić information content (AvgIpc) is 3.12. The molecule has 1 aliphatic heterocycles. The minimum absolute atomic E-state index is 0.176. The van der Waals surface area contributed by atoms with Gasteiger partial charge in [0.05, 0.1) is 12.2 Å². The van der Waals surface area contributed by atoms with Gasteiger partial charge in [-0.15, -0.1) is 5.10 Å². The first-order valence-corrected chi connectivity index (χ1v) is 9.09. The number of benzene rings is 2. The molecule has 1 aliphatic rings. The number of aryl methyl sites for hydroxylation is 1. The molecule has 1 N–H and O–H groups in total. The summed E-state index contributed by atoms with van der Waals surface area (Å²) in [6.45, 7) is 4.62. The zero-order valence-corrected chi connectivity index (χ0v) is 16.0. The van der Waals surface area contributed by atoms with Gasteiger partial charge in [-0.1, -0.05) is 12.1 Å². The summed E-state index contributed by atoms with van der Waals surface area (Å²) in [5.74, 6) is 1.21. The second-order valence-corrected chi connectivity index (χ2v) is 6.63. The molecule has 0 unspecified atom stereocenters. The highest BCUT2D eigenvalue weighted by Gasteiger charge is 2.19. The maximum absolute atomic E-state index is 12.7. The Kier molecular flexibility index (Phi) is 4.94. The van der Waals surface area contributed by atoms with E-state index in [1.54, 1.807) is 28.9 Å². The second-order valence-electron chi connectivity index (χ2n) is 6.63. The van der Waals surface area contributed by atoms with E-state index in [4.69, 9.17) is 9.47 Å². The van der Waals surface area contributed by atoms with Crippen molar-refractivity contribution in [2.75, 3.05) is 18.5 Å². The monoisotopic (exact) mass is 393 g/mol. The quantitative estimate of drug-likeness (QED) is 0.662. The van der Waals surface area contributed by atoms with Gasteiger partial charge in [-0.05, 0) is 48.0 Å². The summed E-state index contributed by atoms with van der Waals surface area (Å²) in [5, 5.41) is 14.2. The van der Waals surface area contributed by atoms with Gasteiger partial charge in [0.1, 0.15) is 19.0 Å². The number of hydrogen-bond donors (Lipinski definition) is 1.